The first-order valence-corrected chi connectivity index (χ1v) is 12.4. The van der Waals surface area contributed by atoms with Crippen LogP contribution in [-0.4, -0.2) is 52.8 Å². The average molecular weight is 669 g/mol. The van der Waals surface area contributed by atoms with E-state index >= 15 is 0 Å². The molecule has 0 saturated carbocycles. The van der Waals surface area contributed by atoms with Crippen LogP contribution in [-0.2, 0) is 0 Å². The molecule has 0 rings (SSSR count). The summed E-state index contributed by atoms with van der Waals surface area (Å²) in [6.07, 6.45) is -21.3. The van der Waals surface area contributed by atoms with Crippen LogP contribution in [0.2, 0.25) is 0 Å². The quantitative estimate of drug-likeness (QED) is 0.0775. The van der Waals surface area contributed by atoms with Gasteiger partial charge < -0.3 is 0 Å². The third-order valence-electron chi connectivity index (χ3n) is 6.38. The fourth-order valence-corrected chi connectivity index (χ4v) is 4.21. The fourth-order valence-electron chi connectivity index (χ4n) is 3.80. The zero-order chi connectivity index (χ0) is 33.0. The van der Waals surface area contributed by atoms with Gasteiger partial charge in [0.1, 0.15) is 0 Å². The molecule has 0 aromatic heterocycles. The Morgan fingerprint density at radius 2 is 0.659 bits per heavy atom. The molecule has 0 radical (unpaired) electrons. The molecule has 0 fully saturated rings. The van der Waals surface area contributed by atoms with Crippen molar-refractivity contribution in [3.63, 3.8) is 0 Å². The summed E-state index contributed by atoms with van der Waals surface area (Å²) in [5, 5.41) is 0. The minimum absolute atomic E-state index is 0.0703. The van der Waals surface area contributed by atoms with E-state index in [0.717, 1.165) is 0 Å². The van der Waals surface area contributed by atoms with Crippen LogP contribution >= 0.6 is 11.6 Å². The average Bonchev–Trinajstić information content (AvgIpc) is 2.76. The fraction of sp³-hybridized carbons (Fsp3) is 1.00. The summed E-state index contributed by atoms with van der Waals surface area (Å²) in [6.45, 7) is 1.79. The molecule has 0 aromatic carbocycles. The predicted molar refractivity (Wildman–Crippen MR) is 111 cm³/mol. The van der Waals surface area contributed by atoms with Crippen LogP contribution < -0.4 is 0 Å². The number of hydrogen-bond donors (Lipinski definition) is 0. The summed E-state index contributed by atoms with van der Waals surface area (Å²) in [7, 11) is 0. The molecule has 248 valence electrons. The Balaban J connectivity index is 5.69. The Morgan fingerprint density at radius 1 is 0.366 bits per heavy atom. The lowest BCUT2D eigenvalue weighted by molar-refractivity contribution is -0.396. The number of rotatable bonds is 18. The van der Waals surface area contributed by atoms with Crippen molar-refractivity contribution in [2.45, 2.75) is 137 Å². The van der Waals surface area contributed by atoms with Crippen LogP contribution in [0.4, 0.5) is 79.0 Å². The van der Waals surface area contributed by atoms with Gasteiger partial charge >= 0.3 is 47.9 Å². The van der Waals surface area contributed by atoms with E-state index in [2.05, 4.69) is 0 Å². The second-order valence-corrected chi connectivity index (χ2v) is 10.5. The van der Waals surface area contributed by atoms with Crippen molar-refractivity contribution in [2.24, 2.45) is 0 Å². The number of hydrogen-bond acceptors (Lipinski definition) is 0. The second kappa shape index (κ2) is 13.3. The van der Waals surface area contributed by atoms with Crippen LogP contribution in [0.15, 0.2) is 0 Å². The zero-order valence-electron chi connectivity index (χ0n) is 21.2. The van der Waals surface area contributed by atoms with Crippen molar-refractivity contribution < 1.29 is 79.0 Å². The maximum atomic E-state index is 13.8. The minimum Gasteiger partial charge on any atom is -0.200 e. The molecular formula is C22H27ClF18. The first kappa shape index (κ1) is 40.0. The molecule has 0 aliphatic carbocycles. The van der Waals surface area contributed by atoms with Crippen LogP contribution in [0.5, 0.6) is 0 Å². The molecule has 0 unspecified atom stereocenters. The van der Waals surface area contributed by atoms with Gasteiger partial charge in [-0.3, -0.25) is 0 Å². The highest BCUT2D eigenvalue weighted by molar-refractivity contribution is 6.23. The Bertz CT molecular complexity index is 743. The lowest BCUT2D eigenvalue weighted by Crippen LogP contribution is -2.60. The molecule has 0 saturated heterocycles. The largest absolute Gasteiger partial charge is 0.460 e. The highest BCUT2D eigenvalue weighted by Crippen LogP contribution is 2.56. The summed E-state index contributed by atoms with van der Waals surface area (Å²) in [6, 6.07) is 0. The summed E-state index contributed by atoms with van der Waals surface area (Å²) in [4.78, 5) is -2.04. The van der Waals surface area contributed by atoms with Crippen molar-refractivity contribution in [3.05, 3.63) is 0 Å². The van der Waals surface area contributed by atoms with E-state index in [-0.39, 0.29) is 12.8 Å². The molecule has 0 spiro atoms. The lowest BCUT2D eigenvalue weighted by Gasteiger charge is -2.35. The SMILES string of the molecule is CCCCCCCC(Cl)(CCCC(F)(F)C(F)(F)C(F)(F)C(F)(F)F)CCCC(F)(F)C(F)(F)C(F)(F)C(F)(F)F. The molecule has 0 N–H and O–H groups in total. The van der Waals surface area contributed by atoms with Gasteiger partial charge in [-0.15, -0.1) is 11.6 Å². The van der Waals surface area contributed by atoms with E-state index in [1.165, 1.54) is 0 Å². The molecule has 19 heteroatoms. The molecule has 0 atom stereocenters. The Kier molecular flexibility index (Phi) is 13.0. The molecule has 0 heterocycles. The summed E-state index contributed by atoms with van der Waals surface area (Å²) < 4.78 is 235. The second-order valence-electron chi connectivity index (χ2n) is 9.72. The first-order chi connectivity index (χ1) is 18.0. The van der Waals surface area contributed by atoms with E-state index in [1.807, 2.05) is 0 Å². The van der Waals surface area contributed by atoms with Crippen LogP contribution in [0.3, 0.4) is 0 Å². The van der Waals surface area contributed by atoms with E-state index in [1.54, 1.807) is 6.92 Å². The number of unbranched alkanes of at least 4 members (excludes halogenated alkanes) is 4. The predicted octanol–water partition coefficient (Wildman–Crippen LogP) is 11.6. The summed E-state index contributed by atoms with van der Waals surface area (Å²) in [5.41, 5.74) is 0. The molecule has 0 aliphatic heterocycles. The molecule has 0 aliphatic rings. The van der Waals surface area contributed by atoms with Crippen LogP contribution in [0, 0.1) is 0 Å². The molecular weight excluding hydrogens is 642 g/mol. The van der Waals surface area contributed by atoms with Gasteiger partial charge in [0.2, 0.25) is 0 Å². The third kappa shape index (κ3) is 9.02. The van der Waals surface area contributed by atoms with Gasteiger partial charge in [0.15, 0.2) is 0 Å². The van der Waals surface area contributed by atoms with Crippen molar-refractivity contribution >= 4 is 11.6 Å². The lowest BCUT2D eigenvalue weighted by atomic mass is 9.86. The van der Waals surface area contributed by atoms with Gasteiger partial charge in [-0.25, -0.2) is 0 Å². The molecule has 0 amide bonds. The topological polar surface area (TPSA) is 0 Å². The maximum absolute atomic E-state index is 13.8. The maximum Gasteiger partial charge on any atom is 0.460 e. The van der Waals surface area contributed by atoms with Gasteiger partial charge in [0, 0.05) is 17.7 Å². The van der Waals surface area contributed by atoms with Crippen molar-refractivity contribution in [3.8, 4) is 0 Å². The standard InChI is InChI=1S/C22H27ClF18/c1-2-3-4-5-6-9-14(23,10-7-12-15(24,25)17(28,29)19(32,33)21(36,37)38)11-8-13-16(26,27)18(30,31)20(34,35)22(39,40)41/h2-13H2,1H3. The van der Waals surface area contributed by atoms with E-state index in [9.17, 15) is 79.0 Å². The highest BCUT2D eigenvalue weighted by atomic mass is 35.5. The Hall–Kier alpha value is -0.970. The van der Waals surface area contributed by atoms with Gasteiger partial charge in [0.05, 0.1) is 0 Å². The Morgan fingerprint density at radius 3 is 0.951 bits per heavy atom. The molecule has 41 heavy (non-hydrogen) atoms. The van der Waals surface area contributed by atoms with Gasteiger partial charge in [-0.1, -0.05) is 39.0 Å². The first-order valence-electron chi connectivity index (χ1n) is 12.1. The third-order valence-corrected chi connectivity index (χ3v) is 6.95. The molecule has 0 nitrogen and oxygen atoms in total. The van der Waals surface area contributed by atoms with Crippen LogP contribution in [0.25, 0.3) is 0 Å². The Labute approximate surface area is 228 Å². The van der Waals surface area contributed by atoms with E-state index < -0.39 is 91.3 Å². The summed E-state index contributed by atoms with van der Waals surface area (Å²) in [5.74, 6) is -40.1. The van der Waals surface area contributed by atoms with Crippen LogP contribution in [0.1, 0.15) is 84.0 Å². The summed E-state index contributed by atoms with van der Waals surface area (Å²) >= 11 is 6.14. The van der Waals surface area contributed by atoms with E-state index in [4.69, 9.17) is 11.6 Å². The van der Waals surface area contributed by atoms with Gasteiger partial charge in [-0.2, -0.15) is 79.0 Å². The highest BCUT2D eigenvalue weighted by Gasteiger charge is 2.82. The number of alkyl halides is 19. The number of halogens is 19. The van der Waals surface area contributed by atoms with Gasteiger partial charge in [0.25, 0.3) is 0 Å². The van der Waals surface area contributed by atoms with Gasteiger partial charge in [-0.05, 0) is 32.1 Å². The molecule has 0 bridgehead atoms. The molecule has 0 aromatic rings. The zero-order valence-corrected chi connectivity index (χ0v) is 21.9. The normalized spacial score (nSPS) is 15.5. The van der Waals surface area contributed by atoms with Crippen molar-refractivity contribution in [2.75, 3.05) is 0 Å². The smallest absolute Gasteiger partial charge is 0.200 e. The van der Waals surface area contributed by atoms with Crippen molar-refractivity contribution in [1.29, 1.82) is 0 Å². The monoisotopic (exact) mass is 668 g/mol. The van der Waals surface area contributed by atoms with E-state index in [0.29, 0.717) is 25.7 Å². The minimum atomic E-state index is -7.16. The van der Waals surface area contributed by atoms with Crippen molar-refractivity contribution in [1.82, 2.24) is 0 Å².